The normalized spacial score (nSPS) is 12.2. The summed E-state index contributed by atoms with van der Waals surface area (Å²) in [6.07, 6.45) is 0. The molecule has 5 heteroatoms. The van der Waals surface area contributed by atoms with Crippen LogP contribution in [0, 0.1) is 6.92 Å². The summed E-state index contributed by atoms with van der Waals surface area (Å²) >= 11 is 0. The number of aryl methyl sites for hydroxylation is 1. The summed E-state index contributed by atoms with van der Waals surface area (Å²) in [6.45, 7) is 15.2. The van der Waals surface area contributed by atoms with Gasteiger partial charge >= 0.3 is 8.60 Å². The van der Waals surface area contributed by atoms with Gasteiger partial charge in [-0.3, -0.25) is 0 Å². The van der Waals surface area contributed by atoms with E-state index in [0.717, 1.165) is 5.56 Å². The topological polar surface area (TPSA) is 80.9 Å². The van der Waals surface area contributed by atoms with Crippen molar-refractivity contribution in [1.29, 1.82) is 0 Å². The molecule has 4 N–H and O–H groups in total. The van der Waals surface area contributed by atoms with E-state index >= 15 is 0 Å². The molecule has 0 aliphatic heterocycles. The van der Waals surface area contributed by atoms with Gasteiger partial charge in [-0.1, -0.05) is 47.6 Å². The molecule has 0 atom stereocenters. The van der Waals surface area contributed by atoms with Crippen molar-refractivity contribution in [3.63, 3.8) is 0 Å². The lowest BCUT2D eigenvalue weighted by atomic mass is 9.74. The summed E-state index contributed by atoms with van der Waals surface area (Å²) in [5, 5.41) is 9.85. The van der Waals surface area contributed by atoms with Crippen LogP contribution in [0.4, 0.5) is 0 Å². The third-order valence-corrected chi connectivity index (χ3v) is 2.95. The predicted molar refractivity (Wildman–Crippen MR) is 83.8 cm³/mol. The van der Waals surface area contributed by atoms with Crippen LogP contribution in [0.25, 0.3) is 0 Å². The van der Waals surface area contributed by atoms with E-state index in [1.807, 2.05) is 13.0 Å². The number of hydrogen-bond donors (Lipinski definition) is 4. The van der Waals surface area contributed by atoms with Crippen LogP contribution >= 0.6 is 8.60 Å². The second kappa shape index (κ2) is 6.86. The number of hydrogen-bond acceptors (Lipinski definition) is 4. The van der Waals surface area contributed by atoms with Crippen LogP contribution in [0.5, 0.6) is 5.75 Å². The summed E-state index contributed by atoms with van der Waals surface area (Å²) in [7, 11) is -2.62. The Bertz CT molecular complexity index is 401. The fourth-order valence-corrected chi connectivity index (χ4v) is 1.94. The summed E-state index contributed by atoms with van der Waals surface area (Å²) < 4.78 is 0. The summed E-state index contributed by atoms with van der Waals surface area (Å²) in [6, 6.07) is 4.05. The monoisotopic (exact) mass is 302 g/mol. The van der Waals surface area contributed by atoms with Gasteiger partial charge in [-0.25, -0.2) is 0 Å². The molecule has 0 radical (unpaired) electrons. The predicted octanol–water partition coefficient (Wildman–Crippen LogP) is 3.49. The first-order valence-electron chi connectivity index (χ1n) is 6.48. The molecule has 0 saturated carbocycles. The molecule has 0 saturated heterocycles. The lowest BCUT2D eigenvalue weighted by molar-refractivity contribution is 0.368. The van der Waals surface area contributed by atoms with Crippen molar-refractivity contribution >= 4 is 8.60 Å². The fourth-order valence-electron chi connectivity index (χ4n) is 1.94. The molecular formula is C15H27O4P. The zero-order valence-electron chi connectivity index (χ0n) is 13.4. The highest BCUT2D eigenvalue weighted by molar-refractivity contribution is 7.38. The third kappa shape index (κ3) is 6.19. The van der Waals surface area contributed by atoms with Crippen LogP contribution in [0.3, 0.4) is 0 Å². The van der Waals surface area contributed by atoms with E-state index in [0.29, 0.717) is 5.75 Å². The fraction of sp³-hybridized carbons (Fsp3) is 0.600. The number of aromatic hydroxyl groups is 1. The second-order valence-corrected chi connectivity index (χ2v) is 7.49. The van der Waals surface area contributed by atoms with Gasteiger partial charge in [-0.05, 0) is 40.5 Å². The Kier molecular flexibility index (Phi) is 6.63. The standard InChI is InChI=1S/C15H24O.H3O3P/c1-10-8-11(14(2,3)4)12(9-13(10)16)15(5,6)7;1-4(2)3/h8-9,16H,1-7H3;1-3H. The van der Waals surface area contributed by atoms with Crippen molar-refractivity contribution in [3.05, 3.63) is 28.8 Å². The molecule has 0 fully saturated rings. The van der Waals surface area contributed by atoms with Crippen LogP contribution < -0.4 is 0 Å². The van der Waals surface area contributed by atoms with Crippen molar-refractivity contribution in [2.24, 2.45) is 0 Å². The number of rotatable bonds is 0. The van der Waals surface area contributed by atoms with Gasteiger partial charge in [0.2, 0.25) is 0 Å². The molecule has 0 heterocycles. The van der Waals surface area contributed by atoms with Crippen LogP contribution in [0.2, 0.25) is 0 Å². The molecule has 0 aliphatic carbocycles. The number of benzene rings is 1. The molecule has 1 aromatic rings. The summed E-state index contributed by atoms with van der Waals surface area (Å²) in [5.41, 5.74) is 3.70. The molecule has 1 rings (SSSR count). The molecule has 0 bridgehead atoms. The highest BCUT2D eigenvalue weighted by Gasteiger charge is 2.25. The molecule has 0 aromatic heterocycles. The Balaban J connectivity index is 0.000000796. The van der Waals surface area contributed by atoms with E-state index in [2.05, 4.69) is 47.6 Å². The zero-order chi connectivity index (χ0) is 16.3. The van der Waals surface area contributed by atoms with Crippen LogP contribution in [0.1, 0.15) is 58.2 Å². The minimum absolute atomic E-state index is 0.0633. The Morgan fingerprint density at radius 1 is 0.800 bits per heavy atom. The second-order valence-electron chi connectivity index (χ2n) is 6.95. The number of phenols is 1. The van der Waals surface area contributed by atoms with Gasteiger partial charge in [0.05, 0.1) is 0 Å². The van der Waals surface area contributed by atoms with Crippen LogP contribution in [0.15, 0.2) is 12.1 Å². The first-order chi connectivity index (χ1) is 8.76. The van der Waals surface area contributed by atoms with Gasteiger partial charge in [0.1, 0.15) is 5.75 Å². The van der Waals surface area contributed by atoms with Gasteiger partial charge in [-0.15, -0.1) is 0 Å². The zero-order valence-corrected chi connectivity index (χ0v) is 14.3. The van der Waals surface area contributed by atoms with E-state index in [1.54, 1.807) is 0 Å². The van der Waals surface area contributed by atoms with Gasteiger partial charge in [0, 0.05) is 0 Å². The molecule has 116 valence electrons. The molecule has 0 aliphatic rings. The highest BCUT2D eigenvalue weighted by Crippen LogP contribution is 2.37. The summed E-state index contributed by atoms with van der Waals surface area (Å²) in [5.74, 6) is 0.401. The van der Waals surface area contributed by atoms with Crippen LogP contribution in [-0.4, -0.2) is 19.8 Å². The van der Waals surface area contributed by atoms with Crippen molar-refractivity contribution in [2.75, 3.05) is 0 Å². The molecule has 0 amide bonds. The molecule has 4 nitrogen and oxygen atoms in total. The molecule has 1 aromatic carbocycles. The van der Waals surface area contributed by atoms with E-state index < -0.39 is 8.60 Å². The van der Waals surface area contributed by atoms with E-state index in [4.69, 9.17) is 14.7 Å². The van der Waals surface area contributed by atoms with E-state index in [-0.39, 0.29) is 10.8 Å². The molecule has 20 heavy (non-hydrogen) atoms. The van der Waals surface area contributed by atoms with Gasteiger partial charge in [0.25, 0.3) is 0 Å². The molecular weight excluding hydrogens is 275 g/mol. The van der Waals surface area contributed by atoms with E-state index in [1.165, 1.54) is 11.1 Å². The minimum Gasteiger partial charge on any atom is -0.508 e. The van der Waals surface area contributed by atoms with Gasteiger partial charge in [-0.2, -0.15) is 0 Å². The molecule has 0 spiro atoms. The maximum absolute atomic E-state index is 9.85. The minimum atomic E-state index is -2.62. The van der Waals surface area contributed by atoms with E-state index in [9.17, 15) is 5.11 Å². The van der Waals surface area contributed by atoms with Crippen molar-refractivity contribution in [2.45, 2.75) is 59.3 Å². The Hall–Kier alpha value is -0.670. The maximum Gasteiger partial charge on any atom is 0.324 e. The largest absolute Gasteiger partial charge is 0.508 e. The lowest BCUT2D eigenvalue weighted by Crippen LogP contribution is -2.22. The quantitative estimate of drug-likeness (QED) is 0.553. The van der Waals surface area contributed by atoms with Crippen molar-refractivity contribution in [3.8, 4) is 5.75 Å². The third-order valence-electron chi connectivity index (χ3n) is 2.95. The van der Waals surface area contributed by atoms with Crippen LogP contribution in [-0.2, 0) is 10.8 Å². The maximum atomic E-state index is 9.85. The Labute approximate surface area is 123 Å². The van der Waals surface area contributed by atoms with Gasteiger partial charge in [0.15, 0.2) is 0 Å². The summed E-state index contributed by atoms with van der Waals surface area (Å²) in [4.78, 5) is 21.7. The SMILES string of the molecule is Cc1cc(C(C)(C)C)c(C(C)(C)C)cc1O.OP(O)O. The molecule has 0 unspecified atom stereocenters. The van der Waals surface area contributed by atoms with Crippen molar-refractivity contribution in [1.82, 2.24) is 0 Å². The smallest absolute Gasteiger partial charge is 0.324 e. The number of phenolic OH excluding ortho intramolecular Hbond substituents is 1. The Morgan fingerprint density at radius 2 is 1.10 bits per heavy atom. The highest BCUT2D eigenvalue weighted by atomic mass is 31.2. The average molecular weight is 302 g/mol. The average Bonchev–Trinajstić information content (AvgIpc) is 2.17. The first-order valence-corrected chi connectivity index (χ1v) is 7.68. The lowest BCUT2D eigenvalue weighted by Gasteiger charge is -2.30. The van der Waals surface area contributed by atoms with Crippen molar-refractivity contribution < 1.29 is 19.8 Å². The van der Waals surface area contributed by atoms with Gasteiger partial charge < -0.3 is 19.8 Å². The first kappa shape index (κ1) is 19.3. The Morgan fingerprint density at radius 3 is 1.40 bits per heavy atom.